The second kappa shape index (κ2) is 9.34. The number of hydrogen-bond donors (Lipinski definition) is 3. The van der Waals surface area contributed by atoms with Crippen molar-refractivity contribution in [3.8, 4) is 11.5 Å². The van der Waals surface area contributed by atoms with Gasteiger partial charge in [-0.1, -0.05) is 6.08 Å². The Morgan fingerprint density at radius 2 is 2.08 bits per heavy atom. The number of hydrazine groups is 1. The zero-order valence-corrected chi connectivity index (χ0v) is 15.2. The van der Waals surface area contributed by atoms with Crippen LogP contribution in [0.2, 0.25) is 0 Å². The Morgan fingerprint density at radius 1 is 1.29 bits per heavy atom. The third-order valence-corrected chi connectivity index (χ3v) is 4.05. The van der Waals surface area contributed by atoms with E-state index in [9.17, 15) is 0 Å². The minimum Gasteiger partial charge on any atom is -0.493 e. The first kappa shape index (κ1) is 18.4. The van der Waals surface area contributed by atoms with E-state index in [2.05, 4.69) is 16.2 Å². The molecule has 7 heteroatoms. The maximum absolute atomic E-state index is 5.56. The van der Waals surface area contributed by atoms with Gasteiger partial charge in [0, 0.05) is 18.7 Å². The highest BCUT2D eigenvalue weighted by molar-refractivity contribution is 7.80. The molecule has 0 saturated carbocycles. The summed E-state index contributed by atoms with van der Waals surface area (Å²) in [6, 6.07) is 5.73. The van der Waals surface area contributed by atoms with Crippen molar-refractivity contribution in [2.24, 2.45) is 0 Å². The maximum Gasteiger partial charge on any atom is 0.185 e. The van der Waals surface area contributed by atoms with Gasteiger partial charge in [-0.25, -0.2) is 0 Å². The summed E-state index contributed by atoms with van der Waals surface area (Å²) in [4.78, 5) is 0. The molecule has 0 aliphatic carbocycles. The van der Waals surface area contributed by atoms with Gasteiger partial charge in [0.15, 0.2) is 16.6 Å². The highest BCUT2D eigenvalue weighted by atomic mass is 32.1. The summed E-state index contributed by atoms with van der Waals surface area (Å²) in [5.74, 6) is 1.37. The number of allylic oxidation sites excluding steroid dienone is 1. The molecular weight excluding hydrogens is 326 g/mol. The fourth-order valence-corrected chi connectivity index (χ4v) is 2.63. The van der Waals surface area contributed by atoms with Crippen molar-refractivity contribution in [2.45, 2.75) is 25.9 Å². The first-order valence-electron chi connectivity index (χ1n) is 7.98. The zero-order chi connectivity index (χ0) is 17.4. The van der Waals surface area contributed by atoms with Crippen LogP contribution in [0.3, 0.4) is 0 Å². The predicted octanol–water partition coefficient (Wildman–Crippen LogP) is 2.21. The van der Waals surface area contributed by atoms with Crippen molar-refractivity contribution >= 4 is 23.0 Å². The molecule has 0 amide bonds. The molecule has 1 aromatic carbocycles. The van der Waals surface area contributed by atoms with Crippen LogP contribution in [0.4, 0.5) is 0 Å². The minimum absolute atomic E-state index is 0.247. The van der Waals surface area contributed by atoms with E-state index in [1.807, 2.05) is 31.2 Å². The van der Waals surface area contributed by atoms with Gasteiger partial charge in [-0.3, -0.25) is 10.9 Å². The van der Waals surface area contributed by atoms with Crippen molar-refractivity contribution in [1.29, 1.82) is 0 Å². The number of hydrogen-bond acceptors (Lipinski definition) is 5. The van der Waals surface area contributed by atoms with Crippen molar-refractivity contribution < 1.29 is 14.2 Å². The Morgan fingerprint density at radius 3 is 2.71 bits per heavy atom. The summed E-state index contributed by atoms with van der Waals surface area (Å²) in [5.41, 5.74) is 7.97. The molecule has 1 heterocycles. The number of nitrogens with one attached hydrogen (secondary N) is 3. The standard InChI is InChI=1S/C17H25N3O3S/c1-4-14(12-7-8-15(21-2)16(10-12)22-3)19-20-17(24)18-11-13-6-5-9-23-13/h4,7-8,10,13,19H,5-6,9,11H2,1-3H3,(H2,18,20,24)/b14-4-/t13-/m1/s1. The largest absolute Gasteiger partial charge is 0.493 e. The summed E-state index contributed by atoms with van der Waals surface area (Å²) in [7, 11) is 3.23. The second-order valence-electron chi connectivity index (χ2n) is 5.37. The van der Waals surface area contributed by atoms with E-state index in [-0.39, 0.29) is 6.10 Å². The Balaban J connectivity index is 1.88. The molecule has 3 N–H and O–H groups in total. The fourth-order valence-electron chi connectivity index (χ4n) is 2.49. The fraction of sp³-hybridized carbons (Fsp3) is 0.471. The van der Waals surface area contributed by atoms with E-state index >= 15 is 0 Å². The molecule has 0 radical (unpaired) electrons. The topological polar surface area (TPSA) is 63.8 Å². The molecule has 2 rings (SSSR count). The van der Waals surface area contributed by atoms with Crippen LogP contribution in [0.25, 0.3) is 5.70 Å². The molecule has 1 atom stereocenters. The smallest absolute Gasteiger partial charge is 0.185 e. The van der Waals surface area contributed by atoms with Crippen LogP contribution in [-0.4, -0.2) is 38.6 Å². The highest BCUT2D eigenvalue weighted by Gasteiger charge is 2.15. The molecule has 24 heavy (non-hydrogen) atoms. The Labute approximate surface area is 148 Å². The van der Waals surface area contributed by atoms with Gasteiger partial charge >= 0.3 is 0 Å². The molecule has 1 fully saturated rings. The summed E-state index contributed by atoms with van der Waals surface area (Å²) in [5, 5.41) is 3.69. The van der Waals surface area contributed by atoms with Gasteiger partial charge in [0.1, 0.15) is 0 Å². The molecule has 1 aliphatic rings. The van der Waals surface area contributed by atoms with Crippen LogP contribution in [0.15, 0.2) is 24.3 Å². The van der Waals surface area contributed by atoms with Crippen molar-refractivity contribution in [1.82, 2.24) is 16.2 Å². The molecule has 132 valence electrons. The van der Waals surface area contributed by atoms with Crippen molar-refractivity contribution in [3.63, 3.8) is 0 Å². The number of methoxy groups -OCH3 is 2. The van der Waals surface area contributed by atoms with Gasteiger partial charge in [0.25, 0.3) is 0 Å². The number of rotatable bonds is 7. The molecule has 1 aliphatic heterocycles. The van der Waals surface area contributed by atoms with Gasteiger partial charge in [0.2, 0.25) is 0 Å². The normalized spacial score (nSPS) is 17.3. The van der Waals surface area contributed by atoms with E-state index in [1.165, 1.54) is 0 Å². The Kier molecular flexibility index (Phi) is 7.14. The lowest BCUT2D eigenvalue weighted by atomic mass is 10.1. The van der Waals surface area contributed by atoms with Gasteiger partial charge in [-0.05, 0) is 50.2 Å². The Bertz CT molecular complexity index is 586. The quantitative estimate of drug-likeness (QED) is 0.514. The number of thiocarbonyl (C=S) groups is 1. The van der Waals surface area contributed by atoms with Crippen LogP contribution in [0.5, 0.6) is 11.5 Å². The van der Waals surface area contributed by atoms with E-state index in [0.29, 0.717) is 16.6 Å². The molecule has 0 bridgehead atoms. The SMILES string of the molecule is C/C=C(\NNC(=S)NC[C@H]1CCCO1)c1ccc(OC)c(OC)c1. The van der Waals surface area contributed by atoms with Gasteiger partial charge in [0.05, 0.1) is 26.0 Å². The Hall–Kier alpha value is -1.99. The minimum atomic E-state index is 0.247. The lowest BCUT2D eigenvalue weighted by Gasteiger charge is -2.17. The highest BCUT2D eigenvalue weighted by Crippen LogP contribution is 2.29. The molecule has 0 spiro atoms. The van der Waals surface area contributed by atoms with Crippen molar-refractivity contribution in [3.05, 3.63) is 29.8 Å². The van der Waals surface area contributed by atoms with Crippen LogP contribution >= 0.6 is 12.2 Å². The zero-order valence-electron chi connectivity index (χ0n) is 14.3. The summed E-state index contributed by atoms with van der Waals surface area (Å²) in [6.07, 6.45) is 4.40. The van der Waals surface area contributed by atoms with E-state index in [0.717, 1.165) is 37.3 Å². The van der Waals surface area contributed by atoms with E-state index in [4.69, 9.17) is 26.4 Å². The van der Waals surface area contributed by atoms with Gasteiger partial charge < -0.3 is 19.5 Å². The van der Waals surface area contributed by atoms with Gasteiger partial charge in [-0.15, -0.1) is 0 Å². The summed E-state index contributed by atoms with van der Waals surface area (Å²) >= 11 is 5.28. The summed E-state index contributed by atoms with van der Waals surface area (Å²) < 4.78 is 16.2. The van der Waals surface area contributed by atoms with Crippen LogP contribution in [0.1, 0.15) is 25.3 Å². The molecule has 1 saturated heterocycles. The first-order chi connectivity index (χ1) is 11.7. The predicted molar refractivity (Wildman–Crippen MR) is 99.0 cm³/mol. The number of benzene rings is 1. The van der Waals surface area contributed by atoms with E-state index in [1.54, 1.807) is 14.2 Å². The molecule has 0 aromatic heterocycles. The first-order valence-corrected chi connectivity index (χ1v) is 8.39. The van der Waals surface area contributed by atoms with Crippen LogP contribution < -0.4 is 25.6 Å². The lowest BCUT2D eigenvalue weighted by Crippen LogP contribution is -2.45. The second-order valence-corrected chi connectivity index (χ2v) is 5.78. The lowest BCUT2D eigenvalue weighted by molar-refractivity contribution is 0.114. The van der Waals surface area contributed by atoms with Crippen molar-refractivity contribution in [2.75, 3.05) is 27.4 Å². The van der Waals surface area contributed by atoms with Crippen LogP contribution in [-0.2, 0) is 4.74 Å². The molecular formula is C17H25N3O3S. The van der Waals surface area contributed by atoms with Gasteiger partial charge in [-0.2, -0.15) is 0 Å². The van der Waals surface area contributed by atoms with Crippen LogP contribution in [0, 0.1) is 0 Å². The third-order valence-electron chi connectivity index (χ3n) is 3.81. The number of ether oxygens (including phenoxy) is 3. The monoisotopic (exact) mass is 351 g/mol. The average molecular weight is 351 g/mol. The molecule has 1 aromatic rings. The van der Waals surface area contributed by atoms with E-state index < -0.39 is 0 Å². The maximum atomic E-state index is 5.56. The third kappa shape index (κ3) is 5.01. The molecule has 6 nitrogen and oxygen atoms in total. The molecule has 0 unspecified atom stereocenters. The average Bonchev–Trinajstić information content (AvgIpc) is 3.13. The summed E-state index contributed by atoms with van der Waals surface area (Å²) in [6.45, 7) is 3.51.